The van der Waals surface area contributed by atoms with Gasteiger partial charge in [-0.05, 0) is 48.4 Å². The Morgan fingerprint density at radius 2 is 1.77 bits per heavy atom. The fourth-order valence-corrected chi connectivity index (χ4v) is 4.52. The van der Waals surface area contributed by atoms with Gasteiger partial charge in [0, 0.05) is 37.7 Å². The first kappa shape index (κ1) is 31.2. The minimum atomic E-state index is -4.89. The number of nitriles is 1. The zero-order valence-corrected chi connectivity index (χ0v) is 23.5. The molecule has 14 heteroatoms. The van der Waals surface area contributed by atoms with Crippen LogP contribution in [0.15, 0.2) is 53.1 Å². The highest BCUT2D eigenvalue weighted by molar-refractivity contribution is 6.14. The maximum Gasteiger partial charge on any atom is 0.417 e. The van der Waals surface area contributed by atoms with Gasteiger partial charge in [-0.2, -0.15) is 18.4 Å². The van der Waals surface area contributed by atoms with Crippen molar-refractivity contribution in [1.82, 2.24) is 5.16 Å². The second-order valence-electron chi connectivity index (χ2n) is 9.67. The summed E-state index contributed by atoms with van der Waals surface area (Å²) < 4.78 is 48.4. The van der Waals surface area contributed by atoms with E-state index in [1.807, 2.05) is 0 Å². The smallest absolute Gasteiger partial charge is 0.417 e. The zero-order chi connectivity index (χ0) is 32.3. The van der Waals surface area contributed by atoms with E-state index >= 15 is 0 Å². The van der Waals surface area contributed by atoms with Crippen molar-refractivity contribution < 1.29 is 42.0 Å². The third kappa shape index (κ3) is 6.36. The van der Waals surface area contributed by atoms with Crippen LogP contribution >= 0.6 is 0 Å². The Morgan fingerprint density at radius 3 is 2.39 bits per heavy atom. The van der Waals surface area contributed by atoms with Gasteiger partial charge in [-0.3, -0.25) is 14.4 Å². The number of nitrogens with one attached hydrogen (secondary N) is 2. The summed E-state index contributed by atoms with van der Waals surface area (Å²) in [6, 6.07) is 11.1. The van der Waals surface area contributed by atoms with Gasteiger partial charge in [-0.15, -0.1) is 0 Å². The molecule has 0 fully saturated rings. The number of alkyl halides is 3. The number of benzene rings is 3. The summed E-state index contributed by atoms with van der Waals surface area (Å²) in [5, 5.41) is 27.1. The molecule has 0 aliphatic rings. The molecule has 0 saturated carbocycles. The van der Waals surface area contributed by atoms with Crippen molar-refractivity contribution in [2.45, 2.75) is 32.9 Å². The number of aromatic nitrogens is 1. The average Bonchev–Trinajstić information content (AvgIpc) is 3.38. The molecule has 4 aromatic rings. The van der Waals surface area contributed by atoms with Gasteiger partial charge in [0.1, 0.15) is 0 Å². The van der Waals surface area contributed by atoms with Gasteiger partial charge in [0.15, 0.2) is 11.3 Å². The third-order valence-corrected chi connectivity index (χ3v) is 6.57. The summed E-state index contributed by atoms with van der Waals surface area (Å²) in [6.45, 7) is 2.92. The van der Waals surface area contributed by atoms with Crippen LogP contribution in [0.2, 0.25) is 0 Å². The van der Waals surface area contributed by atoms with Gasteiger partial charge in [0.25, 0.3) is 5.91 Å². The number of hydrogen-bond acceptors (Lipinski definition) is 7. The molecule has 0 aliphatic carbocycles. The minimum absolute atomic E-state index is 0.0258. The molecule has 3 aromatic carbocycles. The van der Waals surface area contributed by atoms with E-state index in [0.29, 0.717) is 6.42 Å². The summed E-state index contributed by atoms with van der Waals surface area (Å²) in [5.74, 6) is -3.33. The fourth-order valence-electron chi connectivity index (χ4n) is 4.52. The number of rotatable bonds is 8. The first-order chi connectivity index (χ1) is 20.7. The van der Waals surface area contributed by atoms with Crippen LogP contribution in [-0.2, 0) is 15.8 Å². The number of carbonyl (C=O) groups is 4. The molecule has 3 N–H and O–H groups in total. The van der Waals surface area contributed by atoms with Crippen LogP contribution in [0, 0.1) is 11.3 Å². The van der Waals surface area contributed by atoms with Crippen LogP contribution in [0.5, 0.6) is 0 Å². The number of carboxylic acids is 1. The lowest BCUT2D eigenvalue weighted by Crippen LogP contribution is -2.26. The number of carboxylic acid groups (broad SMARTS) is 1. The largest absolute Gasteiger partial charge is 0.478 e. The van der Waals surface area contributed by atoms with Crippen molar-refractivity contribution in [3.05, 3.63) is 70.9 Å². The number of nitrogens with zero attached hydrogens (tertiary/aromatic N) is 3. The standard InChI is InChI=1S/C30H24F3N5O6/c1-4-5-26(40)38(3)24-13-25-21(12-19(24)18-8-7-17(35-15(2)39)11-22(18)30(31,32)33)27(37-44-25)28(41)36-23-9-6-16(14-34)10-20(23)29(42)43/h6-13H,4-5H2,1-3H3,(H,35,39)(H,36,41)(H,42,43). The van der Waals surface area contributed by atoms with E-state index in [4.69, 9.17) is 9.78 Å². The van der Waals surface area contributed by atoms with Gasteiger partial charge in [0.05, 0.1) is 39.5 Å². The number of hydrogen-bond donors (Lipinski definition) is 3. The van der Waals surface area contributed by atoms with Crippen LogP contribution in [0.25, 0.3) is 22.1 Å². The molecule has 0 spiro atoms. The highest BCUT2D eigenvalue weighted by Crippen LogP contribution is 2.44. The molecule has 3 amide bonds. The van der Waals surface area contributed by atoms with Crippen molar-refractivity contribution in [1.29, 1.82) is 5.26 Å². The predicted molar refractivity (Wildman–Crippen MR) is 153 cm³/mol. The SMILES string of the molecule is CCCC(=O)N(C)c1cc2onc(C(=O)Nc3ccc(C#N)cc3C(=O)O)c2cc1-c1ccc(NC(C)=O)cc1C(F)(F)F. The van der Waals surface area contributed by atoms with Crippen LogP contribution in [0.4, 0.5) is 30.2 Å². The molecule has 44 heavy (non-hydrogen) atoms. The molecule has 0 radical (unpaired) electrons. The monoisotopic (exact) mass is 607 g/mol. The summed E-state index contributed by atoms with van der Waals surface area (Å²) >= 11 is 0. The molecule has 4 rings (SSSR count). The fraction of sp³-hybridized carbons (Fsp3) is 0.200. The van der Waals surface area contributed by atoms with Gasteiger partial charge in [-0.25, -0.2) is 4.79 Å². The quantitative estimate of drug-likeness (QED) is 0.217. The zero-order valence-electron chi connectivity index (χ0n) is 23.5. The predicted octanol–water partition coefficient (Wildman–Crippen LogP) is 6.06. The highest BCUT2D eigenvalue weighted by atomic mass is 19.4. The molecule has 0 bridgehead atoms. The van der Waals surface area contributed by atoms with Crippen molar-refractivity contribution in [2.24, 2.45) is 0 Å². The Kier molecular flexibility index (Phi) is 8.70. The van der Waals surface area contributed by atoms with E-state index < -0.39 is 35.4 Å². The number of aromatic carboxylic acids is 1. The van der Waals surface area contributed by atoms with E-state index in [1.54, 1.807) is 13.0 Å². The van der Waals surface area contributed by atoms with Crippen molar-refractivity contribution in [3.8, 4) is 17.2 Å². The lowest BCUT2D eigenvalue weighted by atomic mass is 9.94. The van der Waals surface area contributed by atoms with Crippen molar-refractivity contribution in [3.63, 3.8) is 0 Å². The molecule has 1 aromatic heterocycles. The Balaban J connectivity index is 1.92. The van der Waals surface area contributed by atoms with Gasteiger partial charge in [-0.1, -0.05) is 18.1 Å². The van der Waals surface area contributed by atoms with Crippen LogP contribution < -0.4 is 15.5 Å². The number of anilines is 3. The van der Waals surface area contributed by atoms with E-state index in [9.17, 15) is 37.5 Å². The second-order valence-corrected chi connectivity index (χ2v) is 9.67. The molecule has 0 aliphatic heterocycles. The number of carbonyl (C=O) groups excluding carboxylic acids is 3. The van der Waals surface area contributed by atoms with E-state index in [2.05, 4.69) is 15.8 Å². The molecule has 226 valence electrons. The lowest BCUT2D eigenvalue weighted by Gasteiger charge is -2.23. The summed E-state index contributed by atoms with van der Waals surface area (Å²) in [7, 11) is 1.39. The number of halogens is 3. The molecule has 0 saturated heterocycles. The van der Waals surface area contributed by atoms with Gasteiger partial charge in [0.2, 0.25) is 11.8 Å². The average molecular weight is 608 g/mol. The first-order valence-corrected chi connectivity index (χ1v) is 13.0. The molecule has 0 atom stereocenters. The second kappa shape index (κ2) is 12.3. The number of amides is 3. The Bertz CT molecular complexity index is 1860. The van der Waals surface area contributed by atoms with Crippen molar-refractivity contribution >= 4 is 51.7 Å². The number of fused-ring (bicyclic) bond motifs is 1. The normalized spacial score (nSPS) is 11.1. The maximum absolute atomic E-state index is 14.4. The van der Waals surface area contributed by atoms with Crippen LogP contribution in [0.1, 0.15) is 58.7 Å². The van der Waals surface area contributed by atoms with Crippen LogP contribution in [-0.4, -0.2) is 41.0 Å². The van der Waals surface area contributed by atoms with Gasteiger partial charge >= 0.3 is 12.1 Å². The molecule has 11 nitrogen and oxygen atoms in total. The summed E-state index contributed by atoms with van der Waals surface area (Å²) in [6.07, 6.45) is -4.32. The summed E-state index contributed by atoms with van der Waals surface area (Å²) in [5.41, 5.74) is -2.54. The van der Waals surface area contributed by atoms with E-state index in [1.165, 1.54) is 42.3 Å². The minimum Gasteiger partial charge on any atom is -0.478 e. The first-order valence-electron chi connectivity index (χ1n) is 13.0. The molecule has 1 heterocycles. The molecular formula is C30H24F3N5O6. The van der Waals surface area contributed by atoms with Gasteiger partial charge < -0.3 is 25.2 Å². The maximum atomic E-state index is 14.4. The Morgan fingerprint density at radius 1 is 1.05 bits per heavy atom. The molecular weight excluding hydrogens is 583 g/mol. The van der Waals surface area contributed by atoms with Crippen LogP contribution in [0.3, 0.4) is 0 Å². The highest BCUT2D eigenvalue weighted by Gasteiger charge is 2.35. The molecule has 0 unspecified atom stereocenters. The van der Waals surface area contributed by atoms with E-state index in [0.717, 1.165) is 25.1 Å². The topological polar surface area (TPSA) is 166 Å². The lowest BCUT2D eigenvalue weighted by molar-refractivity contribution is -0.137. The van der Waals surface area contributed by atoms with E-state index in [-0.39, 0.29) is 62.4 Å². The Hall–Kier alpha value is -5.71. The third-order valence-electron chi connectivity index (χ3n) is 6.57. The van der Waals surface area contributed by atoms with Crippen molar-refractivity contribution in [2.75, 3.05) is 22.6 Å². The Labute approximate surface area is 247 Å². The summed E-state index contributed by atoms with van der Waals surface area (Å²) in [4.78, 5) is 50.5.